The first-order chi connectivity index (χ1) is 13.1. The summed E-state index contributed by atoms with van der Waals surface area (Å²) in [7, 11) is 0. The highest BCUT2D eigenvalue weighted by molar-refractivity contribution is 5.96. The molecule has 0 aliphatic carbocycles. The average molecular weight is 361 g/mol. The van der Waals surface area contributed by atoms with Crippen LogP contribution in [-0.4, -0.2) is 28.1 Å². The Morgan fingerprint density at radius 3 is 2.15 bits per heavy atom. The van der Waals surface area contributed by atoms with Gasteiger partial charge in [-0.05, 0) is 41.0 Å². The standard InChI is InChI=1S/C21H19N3O3/c25-20(19(24-21(26)27)14-15-4-2-1-3-5-15)23-18-8-6-16(7-9-18)17-10-12-22-13-11-17/h1-13,19,24H,14H2,(H,23,25)(H,26,27)/t19-/m1/s1. The molecule has 3 N–H and O–H groups in total. The van der Waals surface area contributed by atoms with Gasteiger partial charge in [-0.25, -0.2) is 4.79 Å². The minimum Gasteiger partial charge on any atom is -0.465 e. The topological polar surface area (TPSA) is 91.3 Å². The van der Waals surface area contributed by atoms with Crippen molar-refractivity contribution < 1.29 is 14.7 Å². The first kappa shape index (κ1) is 18.1. The molecule has 136 valence electrons. The van der Waals surface area contributed by atoms with Crippen LogP contribution in [0.25, 0.3) is 11.1 Å². The molecular formula is C21H19N3O3. The maximum Gasteiger partial charge on any atom is 0.405 e. The Morgan fingerprint density at radius 2 is 1.52 bits per heavy atom. The van der Waals surface area contributed by atoms with Gasteiger partial charge in [-0.1, -0.05) is 42.5 Å². The van der Waals surface area contributed by atoms with Crippen molar-refractivity contribution >= 4 is 17.7 Å². The molecule has 6 nitrogen and oxygen atoms in total. The second-order valence-corrected chi connectivity index (χ2v) is 5.99. The van der Waals surface area contributed by atoms with E-state index in [1.165, 1.54) is 0 Å². The third-order valence-electron chi connectivity index (χ3n) is 4.06. The largest absolute Gasteiger partial charge is 0.465 e. The maximum absolute atomic E-state index is 12.6. The second kappa shape index (κ2) is 8.62. The highest BCUT2D eigenvalue weighted by Crippen LogP contribution is 2.20. The number of aromatic nitrogens is 1. The number of hydrogen-bond donors (Lipinski definition) is 3. The molecule has 6 heteroatoms. The summed E-state index contributed by atoms with van der Waals surface area (Å²) in [5.74, 6) is -0.405. The number of carboxylic acid groups (broad SMARTS) is 1. The van der Waals surface area contributed by atoms with E-state index in [-0.39, 0.29) is 6.42 Å². The minimum atomic E-state index is -1.24. The normalized spacial score (nSPS) is 11.4. The molecule has 2 aromatic carbocycles. The molecule has 1 atom stereocenters. The van der Waals surface area contributed by atoms with Crippen LogP contribution in [-0.2, 0) is 11.2 Å². The smallest absolute Gasteiger partial charge is 0.405 e. The van der Waals surface area contributed by atoms with Crippen molar-refractivity contribution in [2.24, 2.45) is 0 Å². The van der Waals surface area contributed by atoms with Crippen molar-refractivity contribution in [3.05, 3.63) is 84.7 Å². The lowest BCUT2D eigenvalue weighted by atomic mass is 10.0. The van der Waals surface area contributed by atoms with Gasteiger partial charge in [0.25, 0.3) is 0 Å². The van der Waals surface area contributed by atoms with Gasteiger partial charge in [0, 0.05) is 24.5 Å². The van der Waals surface area contributed by atoms with Crippen LogP contribution < -0.4 is 10.6 Å². The number of hydrogen-bond acceptors (Lipinski definition) is 3. The number of nitrogens with one attached hydrogen (secondary N) is 2. The summed E-state index contributed by atoms with van der Waals surface area (Å²) in [6.07, 6.45) is 2.47. The van der Waals surface area contributed by atoms with E-state index in [9.17, 15) is 9.59 Å². The molecule has 0 fully saturated rings. The molecule has 1 heterocycles. The number of amides is 2. The molecule has 3 aromatic rings. The van der Waals surface area contributed by atoms with E-state index >= 15 is 0 Å². The third kappa shape index (κ3) is 5.15. The van der Waals surface area contributed by atoms with Gasteiger partial charge in [-0.15, -0.1) is 0 Å². The maximum atomic E-state index is 12.6. The summed E-state index contributed by atoms with van der Waals surface area (Å²) in [5.41, 5.74) is 3.50. The molecule has 0 aliphatic heterocycles. The highest BCUT2D eigenvalue weighted by Gasteiger charge is 2.21. The molecular weight excluding hydrogens is 342 g/mol. The molecule has 0 radical (unpaired) electrons. The van der Waals surface area contributed by atoms with Gasteiger partial charge >= 0.3 is 6.09 Å². The zero-order valence-corrected chi connectivity index (χ0v) is 14.5. The van der Waals surface area contributed by atoms with Gasteiger partial charge in [-0.3, -0.25) is 9.78 Å². The van der Waals surface area contributed by atoms with Crippen molar-refractivity contribution in [2.45, 2.75) is 12.5 Å². The van der Waals surface area contributed by atoms with E-state index in [1.54, 1.807) is 24.5 Å². The Kier molecular flexibility index (Phi) is 5.79. The molecule has 3 rings (SSSR count). The zero-order chi connectivity index (χ0) is 19.1. The monoisotopic (exact) mass is 361 g/mol. The molecule has 0 saturated heterocycles. The van der Waals surface area contributed by atoms with Gasteiger partial charge in [-0.2, -0.15) is 0 Å². The van der Waals surface area contributed by atoms with Crippen molar-refractivity contribution in [2.75, 3.05) is 5.32 Å². The van der Waals surface area contributed by atoms with Crippen LogP contribution in [0.3, 0.4) is 0 Å². The molecule has 1 aromatic heterocycles. The lowest BCUT2D eigenvalue weighted by Crippen LogP contribution is -2.44. The first-order valence-electron chi connectivity index (χ1n) is 8.46. The summed E-state index contributed by atoms with van der Waals surface area (Å²) in [5, 5.41) is 14.1. The van der Waals surface area contributed by atoms with Gasteiger partial charge in [0.05, 0.1) is 0 Å². The second-order valence-electron chi connectivity index (χ2n) is 5.99. The van der Waals surface area contributed by atoms with Crippen LogP contribution >= 0.6 is 0 Å². The summed E-state index contributed by atoms with van der Waals surface area (Å²) in [4.78, 5) is 27.6. The Bertz CT molecular complexity index is 897. The van der Waals surface area contributed by atoms with Gasteiger partial charge in [0.2, 0.25) is 5.91 Å². The lowest BCUT2D eigenvalue weighted by Gasteiger charge is -2.17. The highest BCUT2D eigenvalue weighted by atomic mass is 16.4. The summed E-state index contributed by atoms with van der Waals surface area (Å²) in [6.45, 7) is 0. The van der Waals surface area contributed by atoms with Crippen LogP contribution in [0.2, 0.25) is 0 Å². The molecule has 0 unspecified atom stereocenters. The van der Waals surface area contributed by atoms with Gasteiger partial charge in [0.15, 0.2) is 0 Å². The number of rotatable bonds is 6. The minimum absolute atomic E-state index is 0.272. The average Bonchev–Trinajstić information content (AvgIpc) is 2.69. The zero-order valence-electron chi connectivity index (χ0n) is 14.5. The number of benzene rings is 2. The molecule has 0 spiro atoms. The molecule has 0 bridgehead atoms. The molecule has 27 heavy (non-hydrogen) atoms. The van der Waals surface area contributed by atoms with Crippen molar-refractivity contribution in [3.8, 4) is 11.1 Å². The first-order valence-corrected chi connectivity index (χ1v) is 8.46. The van der Waals surface area contributed by atoms with Crippen LogP contribution in [0.1, 0.15) is 5.56 Å². The van der Waals surface area contributed by atoms with E-state index < -0.39 is 18.0 Å². The Hall–Kier alpha value is -3.67. The Morgan fingerprint density at radius 1 is 0.889 bits per heavy atom. The van der Waals surface area contributed by atoms with E-state index in [0.29, 0.717) is 5.69 Å². The van der Waals surface area contributed by atoms with Gasteiger partial charge < -0.3 is 15.7 Å². The number of anilines is 1. The van der Waals surface area contributed by atoms with E-state index in [1.807, 2.05) is 54.6 Å². The molecule has 0 aliphatic rings. The number of pyridine rings is 1. The van der Waals surface area contributed by atoms with Crippen molar-refractivity contribution in [1.29, 1.82) is 0 Å². The van der Waals surface area contributed by atoms with E-state index in [4.69, 9.17) is 5.11 Å². The van der Waals surface area contributed by atoms with E-state index in [0.717, 1.165) is 16.7 Å². The third-order valence-corrected chi connectivity index (χ3v) is 4.06. The molecule has 0 saturated carbocycles. The Labute approximate surface area is 156 Å². The predicted octanol–water partition coefficient (Wildman–Crippen LogP) is 3.57. The SMILES string of the molecule is O=C(O)N[C@H](Cc1ccccc1)C(=O)Nc1ccc(-c2ccncc2)cc1. The quantitative estimate of drug-likeness (QED) is 0.626. The Balaban J connectivity index is 1.70. The fourth-order valence-corrected chi connectivity index (χ4v) is 2.73. The fourth-order valence-electron chi connectivity index (χ4n) is 2.73. The summed E-state index contributed by atoms with van der Waals surface area (Å²) < 4.78 is 0. The number of carbonyl (C=O) groups is 2. The number of carbonyl (C=O) groups excluding carboxylic acids is 1. The van der Waals surface area contributed by atoms with Crippen LogP contribution in [0, 0.1) is 0 Å². The fraction of sp³-hybridized carbons (Fsp3) is 0.0952. The lowest BCUT2D eigenvalue weighted by molar-refractivity contribution is -0.118. The summed E-state index contributed by atoms with van der Waals surface area (Å²) in [6, 6.07) is 19.6. The van der Waals surface area contributed by atoms with E-state index in [2.05, 4.69) is 15.6 Å². The molecule has 2 amide bonds. The van der Waals surface area contributed by atoms with Crippen LogP contribution in [0.15, 0.2) is 79.1 Å². The summed E-state index contributed by atoms with van der Waals surface area (Å²) >= 11 is 0. The predicted molar refractivity (Wildman–Crippen MR) is 103 cm³/mol. The van der Waals surface area contributed by atoms with Crippen LogP contribution in [0.5, 0.6) is 0 Å². The van der Waals surface area contributed by atoms with Crippen molar-refractivity contribution in [3.63, 3.8) is 0 Å². The van der Waals surface area contributed by atoms with Gasteiger partial charge in [0.1, 0.15) is 6.04 Å². The van der Waals surface area contributed by atoms with Crippen LogP contribution in [0.4, 0.5) is 10.5 Å². The van der Waals surface area contributed by atoms with Crippen molar-refractivity contribution in [1.82, 2.24) is 10.3 Å². The number of nitrogens with zero attached hydrogens (tertiary/aromatic N) is 1.